The van der Waals surface area contributed by atoms with Gasteiger partial charge in [0.2, 0.25) is 0 Å². The highest BCUT2D eigenvalue weighted by atomic mass is 17.2. The first-order valence-electron chi connectivity index (χ1n) is 3.78. The number of rotatable bonds is 0. The van der Waals surface area contributed by atoms with Gasteiger partial charge in [-0.25, -0.2) is 9.78 Å². The van der Waals surface area contributed by atoms with Gasteiger partial charge in [0.1, 0.15) is 6.61 Å². The Kier molecular flexibility index (Phi) is 1.88. The van der Waals surface area contributed by atoms with Gasteiger partial charge in [-0.05, 0) is 17.5 Å². The van der Waals surface area contributed by atoms with Crippen molar-refractivity contribution in [3.05, 3.63) is 35.4 Å². The van der Waals surface area contributed by atoms with Crippen molar-refractivity contribution in [2.24, 2.45) is 0 Å². The van der Waals surface area contributed by atoms with Crippen LogP contribution in [0.3, 0.4) is 0 Å². The van der Waals surface area contributed by atoms with Gasteiger partial charge in [-0.3, -0.25) is 0 Å². The summed E-state index contributed by atoms with van der Waals surface area (Å²) in [5.74, 6) is 0. The second-order valence-corrected chi connectivity index (χ2v) is 2.60. The number of fused-ring (bicyclic) bond motifs is 1. The van der Waals surface area contributed by atoms with Crippen LogP contribution in [-0.2, 0) is 22.8 Å². The largest absolute Gasteiger partial charge is 0.236 e. The Labute approximate surface area is 65.7 Å². The molecule has 0 aliphatic carbocycles. The molecule has 0 amide bonds. The van der Waals surface area contributed by atoms with E-state index in [1.54, 1.807) is 0 Å². The van der Waals surface area contributed by atoms with Gasteiger partial charge >= 0.3 is 0 Å². The van der Waals surface area contributed by atoms with Crippen molar-refractivity contribution in [3.63, 3.8) is 0 Å². The first kappa shape index (κ1) is 6.83. The monoisotopic (exact) mass is 150 g/mol. The fourth-order valence-electron chi connectivity index (χ4n) is 1.26. The van der Waals surface area contributed by atoms with Crippen LogP contribution in [0, 0.1) is 0 Å². The van der Waals surface area contributed by atoms with E-state index in [4.69, 9.17) is 9.78 Å². The van der Waals surface area contributed by atoms with Crippen molar-refractivity contribution in [3.8, 4) is 0 Å². The van der Waals surface area contributed by atoms with Gasteiger partial charge in [-0.1, -0.05) is 24.3 Å². The molecule has 1 aliphatic heterocycles. The molecule has 0 radical (unpaired) electrons. The fraction of sp³-hybridized carbons (Fsp3) is 0.333. The van der Waals surface area contributed by atoms with E-state index in [0.717, 1.165) is 6.42 Å². The number of hydrogen-bond donors (Lipinski definition) is 0. The molecule has 0 saturated heterocycles. The number of benzene rings is 1. The maximum Gasteiger partial charge on any atom is 0.108 e. The van der Waals surface area contributed by atoms with Crippen LogP contribution in [-0.4, -0.2) is 6.61 Å². The van der Waals surface area contributed by atoms with Gasteiger partial charge in [-0.15, -0.1) is 0 Å². The van der Waals surface area contributed by atoms with Gasteiger partial charge < -0.3 is 0 Å². The molecule has 0 fully saturated rings. The minimum absolute atomic E-state index is 0.580. The Morgan fingerprint density at radius 2 is 1.82 bits per heavy atom. The second kappa shape index (κ2) is 3.03. The summed E-state index contributed by atoms with van der Waals surface area (Å²) < 4.78 is 0. The van der Waals surface area contributed by atoms with Crippen LogP contribution >= 0.6 is 0 Å². The normalized spacial score (nSPS) is 17.1. The highest BCUT2D eigenvalue weighted by Crippen LogP contribution is 2.13. The molecule has 0 saturated carbocycles. The van der Waals surface area contributed by atoms with E-state index in [1.165, 1.54) is 11.1 Å². The molecule has 0 N–H and O–H groups in total. The summed E-state index contributed by atoms with van der Waals surface area (Å²) in [6, 6.07) is 8.26. The molecule has 0 unspecified atom stereocenters. The number of hydrogen-bond acceptors (Lipinski definition) is 2. The minimum atomic E-state index is 0.580. The third-order valence-electron chi connectivity index (χ3n) is 1.87. The van der Waals surface area contributed by atoms with Crippen LogP contribution in [0.15, 0.2) is 24.3 Å². The maximum atomic E-state index is 4.92. The van der Waals surface area contributed by atoms with Gasteiger partial charge in [0.25, 0.3) is 0 Å². The predicted molar refractivity (Wildman–Crippen MR) is 40.9 cm³/mol. The van der Waals surface area contributed by atoms with Crippen LogP contribution in [0.2, 0.25) is 0 Å². The smallest absolute Gasteiger partial charge is 0.108 e. The summed E-state index contributed by atoms with van der Waals surface area (Å²) in [6.45, 7) is 1.24. The summed E-state index contributed by atoms with van der Waals surface area (Å²) in [5, 5.41) is 0. The summed E-state index contributed by atoms with van der Waals surface area (Å²) in [7, 11) is 0. The Bertz CT molecular complexity index is 220. The van der Waals surface area contributed by atoms with Gasteiger partial charge in [0.15, 0.2) is 0 Å². The zero-order valence-electron chi connectivity index (χ0n) is 6.25. The van der Waals surface area contributed by atoms with Crippen molar-refractivity contribution in [2.75, 3.05) is 6.61 Å². The molecule has 11 heavy (non-hydrogen) atoms. The van der Waals surface area contributed by atoms with Crippen molar-refractivity contribution < 1.29 is 9.78 Å². The average Bonchev–Trinajstić information content (AvgIpc) is 2.28. The van der Waals surface area contributed by atoms with E-state index in [1.807, 2.05) is 12.1 Å². The Balaban J connectivity index is 2.33. The lowest BCUT2D eigenvalue weighted by atomic mass is 10.1. The molecule has 1 heterocycles. The fourth-order valence-corrected chi connectivity index (χ4v) is 1.26. The molecule has 0 atom stereocenters. The quantitative estimate of drug-likeness (QED) is 0.524. The molecule has 2 rings (SSSR count). The minimum Gasteiger partial charge on any atom is -0.236 e. The van der Waals surface area contributed by atoms with Crippen LogP contribution in [0.25, 0.3) is 0 Å². The van der Waals surface area contributed by atoms with Crippen LogP contribution in [0.4, 0.5) is 0 Å². The van der Waals surface area contributed by atoms with Crippen LogP contribution < -0.4 is 0 Å². The molecule has 1 aromatic rings. The Morgan fingerprint density at radius 3 is 2.73 bits per heavy atom. The highest BCUT2D eigenvalue weighted by Gasteiger charge is 2.06. The second-order valence-electron chi connectivity index (χ2n) is 2.60. The standard InChI is InChI=1S/C9H10O2/c1-2-4-9-7-11-10-6-5-8(9)3-1/h1-4H,5-7H2. The predicted octanol–water partition coefficient (Wildman–Crippen LogP) is 1.69. The zero-order chi connectivity index (χ0) is 7.52. The topological polar surface area (TPSA) is 18.5 Å². The average molecular weight is 150 g/mol. The maximum absolute atomic E-state index is 4.92. The van der Waals surface area contributed by atoms with Crippen molar-refractivity contribution >= 4 is 0 Å². The van der Waals surface area contributed by atoms with Gasteiger partial charge in [0.05, 0.1) is 6.61 Å². The molecule has 2 nitrogen and oxygen atoms in total. The molecule has 0 spiro atoms. The van der Waals surface area contributed by atoms with Crippen molar-refractivity contribution in [2.45, 2.75) is 13.0 Å². The third-order valence-corrected chi connectivity index (χ3v) is 1.87. The first-order valence-corrected chi connectivity index (χ1v) is 3.78. The summed E-state index contributed by atoms with van der Waals surface area (Å²) >= 11 is 0. The molecule has 1 aliphatic rings. The van der Waals surface area contributed by atoms with E-state index in [2.05, 4.69) is 12.1 Å². The highest BCUT2D eigenvalue weighted by molar-refractivity contribution is 5.26. The molecule has 2 heteroatoms. The van der Waals surface area contributed by atoms with Gasteiger partial charge in [0, 0.05) is 0 Å². The molecule has 1 aromatic carbocycles. The summed E-state index contributed by atoms with van der Waals surface area (Å²) in [6.07, 6.45) is 0.955. The summed E-state index contributed by atoms with van der Waals surface area (Å²) in [5.41, 5.74) is 2.58. The lowest BCUT2D eigenvalue weighted by Gasteiger charge is -2.00. The molecule has 58 valence electrons. The van der Waals surface area contributed by atoms with Crippen molar-refractivity contribution in [1.29, 1.82) is 0 Å². The Hall–Kier alpha value is -0.860. The van der Waals surface area contributed by atoms with Crippen LogP contribution in [0.1, 0.15) is 11.1 Å². The third kappa shape index (κ3) is 1.42. The van der Waals surface area contributed by atoms with E-state index < -0.39 is 0 Å². The van der Waals surface area contributed by atoms with Crippen molar-refractivity contribution in [1.82, 2.24) is 0 Å². The summed E-state index contributed by atoms with van der Waals surface area (Å²) in [4.78, 5) is 9.80. The van der Waals surface area contributed by atoms with Gasteiger partial charge in [-0.2, -0.15) is 0 Å². The van der Waals surface area contributed by atoms with Crippen LogP contribution in [0.5, 0.6) is 0 Å². The van der Waals surface area contributed by atoms with E-state index in [-0.39, 0.29) is 0 Å². The first-order chi connectivity index (χ1) is 5.47. The lowest BCUT2D eigenvalue weighted by molar-refractivity contribution is -0.299. The molecule has 0 aromatic heterocycles. The molecular weight excluding hydrogens is 140 g/mol. The Morgan fingerprint density at radius 1 is 1.00 bits per heavy atom. The van der Waals surface area contributed by atoms with E-state index >= 15 is 0 Å². The molecule has 0 bridgehead atoms. The molecular formula is C9H10O2. The van der Waals surface area contributed by atoms with E-state index in [0.29, 0.717) is 13.2 Å². The lowest BCUT2D eigenvalue weighted by Crippen LogP contribution is -1.92. The van der Waals surface area contributed by atoms with E-state index in [9.17, 15) is 0 Å². The SMILES string of the molecule is c1ccc2c(c1)CCOOC2. The zero-order valence-corrected chi connectivity index (χ0v) is 6.25.